The van der Waals surface area contributed by atoms with Gasteiger partial charge in [-0.25, -0.2) is 4.98 Å². The number of nitrogens with zero attached hydrogens (tertiary/aromatic N) is 3. The summed E-state index contributed by atoms with van der Waals surface area (Å²) >= 11 is 1.74. The van der Waals surface area contributed by atoms with Crippen LogP contribution < -0.4 is 0 Å². The van der Waals surface area contributed by atoms with E-state index < -0.39 is 0 Å². The molecule has 3 rings (SSSR count). The lowest BCUT2D eigenvalue weighted by Gasteiger charge is -2.35. The number of aliphatic hydroxyl groups excluding tert-OH is 1. The standard InChI is InChI=1S/C13H19N3O2S/c1-15-8-14-10-6-16(9(7-17)5-11(10)15)13(18)12-3-2-4-19-12/h8-9,12,17H,2-7H2,1H3. The molecule has 2 unspecified atom stereocenters. The molecule has 0 saturated carbocycles. The summed E-state index contributed by atoms with van der Waals surface area (Å²) in [5.74, 6) is 1.25. The molecule has 3 heterocycles. The van der Waals surface area contributed by atoms with Crippen molar-refractivity contribution in [1.82, 2.24) is 14.5 Å². The fourth-order valence-electron chi connectivity index (χ4n) is 2.90. The SMILES string of the molecule is Cn1cnc2c1CC(CO)N(C(=O)C1CCCS1)C2. The molecule has 2 atom stereocenters. The third-order valence-electron chi connectivity index (χ3n) is 4.03. The lowest BCUT2D eigenvalue weighted by molar-refractivity contribution is -0.135. The number of thioether (sulfide) groups is 1. The van der Waals surface area contributed by atoms with Crippen molar-refractivity contribution in [2.24, 2.45) is 7.05 Å². The summed E-state index contributed by atoms with van der Waals surface area (Å²) in [6.45, 7) is 0.561. The number of aryl methyl sites for hydroxylation is 1. The molecule has 0 aromatic carbocycles. The highest BCUT2D eigenvalue weighted by Crippen LogP contribution is 2.31. The Kier molecular flexibility index (Phi) is 3.54. The molecule has 1 aromatic heterocycles. The highest BCUT2D eigenvalue weighted by atomic mass is 32.2. The Morgan fingerprint density at radius 2 is 2.47 bits per heavy atom. The van der Waals surface area contributed by atoms with Crippen LogP contribution in [0.3, 0.4) is 0 Å². The number of hydrogen-bond acceptors (Lipinski definition) is 4. The monoisotopic (exact) mass is 281 g/mol. The molecule has 1 amide bonds. The number of aliphatic hydroxyl groups is 1. The maximum atomic E-state index is 12.5. The smallest absolute Gasteiger partial charge is 0.236 e. The first-order valence-electron chi connectivity index (χ1n) is 6.72. The Labute approximate surface area is 117 Å². The second-order valence-corrected chi connectivity index (χ2v) is 6.57. The van der Waals surface area contributed by atoms with Crippen molar-refractivity contribution in [3.63, 3.8) is 0 Å². The van der Waals surface area contributed by atoms with Crippen molar-refractivity contribution in [2.45, 2.75) is 37.1 Å². The Bertz CT molecular complexity index is 482. The maximum Gasteiger partial charge on any atom is 0.236 e. The Morgan fingerprint density at radius 3 is 3.16 bits per heavy atom. The van der Waals surface area contributed by atoms with Gasteiger partial charge in [-0.1, -0.05) is 0 Å². The topological polar surface area (TPSA) is 58.4 Å². The zero-order valence-electron chi connectivity index (χ0n) is 11.1. The predicted molar refractivity (Wildman–Crippen MR) is 73.8 cm³/mol. The first-order valence-corrected chi connectivity index (χ1v) is 7.77. The van der Waals surface area contributed by atoms with E-state index in [2.05, 4.69) is 4.98 Å². The van der Waals surface area contributed by atoms with E-state index in [1.165, 1.54) is 0 Å². The van der Waals surface area contributed by atoms with Gasteiger partial charge in [-0.15, -0.1) is 11.8 Å². The molecule has 5 nitrogen and oxygen atoms in total. The van der Waals surface area contributed by atoms with Gasteiger partial charge in [-0.3, -0.25) is 4.79 Å². The molecule has 1 saturated heterocycles. The van der Waals surface area contributed by atoms with Gasteiger partial charge >= 0.3 is 0 Å². The van der Waals surface area contributed by atoms with E-state index in [9.17, 15) is 9.90 Å². The number of imidazole rings is 1. The number of amides is 1. The Hall–Kier alpha value is -1.01. The first kappa shape index (κ1) is 13.0. The Morgan fingerprint density at radius 1 is 1.63 bits per heavy atom. The van der Waals surface area contributed by atoms with E-state index in [0.717, 1.165) is 30.0 Å². The number of fused-ring (bicyclic) bond motifs is 1. The van der Waals surface area contributed by atoms with Gasteiger partial charge in [-0.2, -0.15) is 0 Å². The average molecular weight is 281 g/mol. The second kappa shape index (κ2) is 5.17. The van der Waals surface area contributed by atoms with Crippen LogP contribution in [0.5, 0.6) is 0 Å². The summed E-state index contributed by atoms with van der Waals surface area (Å²) in [5, 5.41) is 9.66. The van der Waals surface area contributed by atoms with E-state index in [4.69, 9.17) is 0 Å². The number of carbonyl (C=O) groups excluding carboxylic acids is 1. The van der Waals surface area contributed by atoms with Crippen LogP contribution in [0.25, 0.3) is 0 Å². The summed E-state index contributed by atoms with van der Waals surface area (Å²) in [7, 11) is 1.96. The third kappa shape index (κ3) is 2.27. The van der Waals surface area contributed by atoms with Crippen molar-refractivity contribution in [3.05, 3.63) is 17.7 Å². The minimum Gasteiger partial charge on any atom is -0.394 e. The molecular weight excluding hydrogens is 262 g/mol. The van der Waals surface area contributed by atoms with Gasteiger partial charge in [0.2, 0.25) is 5.91 Å². The van der Waals surface area contributed by atoms with Crippen LogP contribution in [0.1, 0.15) is 24.2 Å². The van der Waals surface area contributed by atoms with Gasteiger partial charge < -0.3 is 14.6 Å². The predicted octanol–water partition coefficient (Wildman–Crippen LogP) is 0.561. The van der Waals surface area contributed by atoms with E-state index >= 15 is 0 Å². The lowest BCUT2D eigenvalue weighted by Crippen LogP contribution is -2.49. The van der Waals surface area contributed by atoms with Crippen LogP contribution in [-0.4, -0.2) is 49.1 Å². The Balaban J connectivity index is 1.82. The van der Waals surface area contributed by atoms with Gasteiger partial charge in [0.25, 0.3) is 0 Å². The molecule has 0 spiro atoms. The van der Waals surface area contributed by atoms with Crippen LogP contribution in [0.15, 0.2) is 6.33 Å². The molecule has 6 heteroatoms. The normalized spacial score (nSPS) is 26.5. The summed E-state index contributed by atoms with van der Waals surface area (Å²) in [5.41, 5.74) is 2.12. The van der Waals surface area contributed by atoms with Crippen LogP contribution in [0, 0.1) is 0 Å². The molecule has 0 bridgehead atoms. The maximum absolute atomic E-state index is 12.5. The highest BCUT2D eigenvalue weighted by Gasteiger charge is 2.36. The molecular formula is C13H19N3O2S. The minimum absolute atomic E-state index is 0.0216. The van der Waals surface area contributed by atoms with Gasteiger partial charge in [0.1, 0.15) is 0 Å². The van der Waals surface area contributed by atoms with Crippen LogP contribution in [0.2, 0.25) is 0 Å². The summed E-state index contributed by atoms with van der Waals surface area (Å²) < 4.78 is 1.99. The molecule has 0 radical (unpaired) electrons. The van der Waals surface area contributed by atoms with E-state index in [0.29, 0.717) is 13.0 Å². The summed E-state index contributed by atoms with van der Waals surface area (Å²) in [4.78, 5) is 18.7. The number of carbonyl (C=O) groups is 1. The molecule has 0 aliphatic carbocycles. The number of aromatic nitrogens is 2. The number of hydrogen-bond donors (Lipinski definition) is 1. The third-order valence-corrected chi connectivity index (χ3v) is 5.40. The number of rotatable bonds is 2. The van der Waals surface area contributed by atoms with E-state index in [1.54, 1.807) is 18.1 Å². The molecule has 19 heavy (non-hydrogen) atoms. The van der Waals surface area contributed by atoms with E-state index in [-0.39, 0.29) is 23.8 Å². The molecule has 2 aliphatic rings. The zero-order valence-corrected chi connectivity index (χ0v) is 11.9. The minimum atomic E-state index is -0.100. The van der Waals surface area contributed by atoms with E-state index in [1.807, 2.05) is 16.5 Å². The van der Waals surface area contributed by atoms with Crippen LogP contribution in [0.4, 0.5) is 0 Å². The molecule has 104 valence electrons. The van der Waals surface area contributed by atoms with Gasteiger partial charge in [0.05, 0.1) is 36.5 Å². The zero-order chi connectivity index (χ0) is 13.4. The fourth-order valence-corrected chi connectivity index (χ4v) is 4.13. The molecule has 1 fully saturated rings. The molecule has 1 aromatic rings. The van der Waals surface area contributed by atoms with Gasteiger partial charge in [-0.05, 0) is 18.6 Å². The highest BCUT2D eigenvalue weighted by molar-refractivity contribution is 8.00. The summed E-state index contributed by atoms with van der Waals surface area (Å²) in [6.07, 6.45) is 4.57. The van der Waals surface area contributed by atoms with Crippen LogP contribution >= 0.6 is 11.8 Å². The molecule has 2 aliphatic heterocycles. The van der Waals surface area contributed by atoms with Crippen molar-refractivity contribution >= 4 is 17.7 Å². The van der Waals surface area contributed by atoms with Crippen molar-refractivity contribution in [2.75, 3.05) is 12.4 Å². The van der Waals surface area contributed by atoms with Crippen molar-refractivity contribution in [3.8, 4) is 0 Å². The van der Waals surface area contributed by atoms with Gasteiger partial charge in [0, 0.05) is 19.2 Å². The first-order chi connectivity index (χ1) is 9.20. The summed E-state index contributed by atoms with van der Waals surface area (Å²) in [6, 6.07) is -0.100. The van der Waals surface area contributed by atoms with Crippen LogP contribution in [-0.2, 0) is 24.8 Å². The average Bonchev–Trinajstić information content (AvgIpc) is 3.07. The van der Waals surface area contributed by atoms with Crippen molar-refractivity contribution < 1.29 is 9.90 Å². The quantitative estimate of drug-likeness (QED) is 0.860. The lowest BCUT2D eigenvalue weighted by atomic mass is 10.0. The largest absolute Gasteiger partial charge is 0.394 e. The fraction of sp³-hybridized carbons (Fsp3) is 0.692. The second-order valence-electron chi connectivity index (χ2n) is 5.26. The molecule has 1 N–H and O–H groups in total. The van der Waals surface area contributed by atoms with Gasteiger partial charge in [0.15, 0.2) is 0 Å². The van der Waals surface area contributed by atoms with Crippen molar-refractivity contribution in [1.29, 1.82) is 0 Å².